The van der Waals surface area contributed by atoms with Crippen molar-refractivity contribution in [2.75, 3.05) is 12.4 Å². The number of ether oxygens (including phenoxy) is 1. The van der Waals surface area contributed by atoms with Gasteiger partial charge < -0.3 is 10.1 Å². The first-order valence-corrected chi connectivity index (χ1v) is 8.64. The number of halogens is 2. The van der Waals surface area contributed by atoms with Crippen molar-refractivity contribution in [3.05, 3.63) is 69.5 Å². The van der Waals surface area contributed by atoms with E-state index >= 15 is 0 Å². The van der Waals surface area contributed by atoms with Gasteiger partial charge in [0.05, 0.1) is 12.8 Å². The number of benzene rings is 2. The van der Waals surface area contributed by atoms with Crippen LogP contribution in [0.2, 0.25) is 0 Å². The minimum Gasteiger partial charge on any atom is -0.464 e. The second kappa shape index (κ2) is 7.63. The lowest BCUT2D eigenvalue weighted by molar-refractivity contribution is 0.0600. The summed E-state index contributed by atoms with van der Waals surface area (Å²) in [4.78, 5) is 28.8. The number of carbonyl (C=O) groups is 2. The molecule has 138 valence electrons. The first-order chi connectivity index (χ1) is 12.9. The molecule has 1 heterocycles. The Morgan fingerprint density at radius 3 is 2.30 bits per heavy atom. The Morgan fingerprint density at radius 2 is 1.70 bits per heavy atom. The first-order valence-electron chi connectivity index (χ1n) is 7.82. The van der Waals surface area contributed by atoms with Gasteiger partial charge in [0.25, 0.3) is 5.91 Å². The lowest BCUT2D eigenvalue weighted by Gasteiger charge is -2.08. The van der Waals surface area contributed by atoms with E-state index in [1.165, 1.54) is 24.5 Å². The topological polar surface area (TPSA) is 68.3 Å². The van der Waals surface area contributed by atoms with Gasteiger partial charge >= 0.3 is 5.97 Å². The summed E-state index contributed by atoms with van der Waals surface area (Å²) < 4.78 is 32.0. The van der Waals surface area contributed by atoms with Gasteiger partial charge in [-0.25, -0.2) is 18.6 Å². The molecule has 0 aliphatic carbocycles. The maximum Gasteiger partial charge on any atom is 0.367 e. The van der Waals surface area contributed by atoms with Crippen molar-refractivity contribution in [3.63, 3.8) is 0 Å². The zero-order chi connectivity index (χ0) is 19.6. The van der Waals surface area contributed by atoms with Gasteiger partial charge in [-0.2, -0.15) is 0 Å². The zero-order valence-corrected chi connectivity index (χ0v) is 15.2. The molecule has 5 nitrogen and oxygen atoms in total. The first kappa shape index (κ1) is 18.7. The molecule has 0 saturated heterocycles. The number of nitrogens with zero attached hydrogens (tertiary/aromatic N) is 1. The molecular weight excluding hydrogens is 374 g/mol. The Labute approximate surface area is 157 Å². The molecule has 0 radical (unpaired) electrons. The number of methoxy groups -OCH3 is 1. The molecule has 3 rings (SSSR count). The maximum atomic E-state index is 13.7. The zero-order valence-electron chi connectivity index (χ0n) is 14.4. The van der Waals surface area contributed by atoms with E-state index in [1.807, 2.05) is 6.92 Å². The highest BCUT2D eigenvalue weighted by molar-refractivity contribution is 7.13. The van der Waals surface area contributed by atoms with E-state index in [4.69, 9.17) is 0 Å². The van der Waals surface area contributed by atoms with Crippen LogP contribution in [0.4, 0.5) is 14.5 Å². The van der Waals surface area contributed by atoms with Crippen molar-refractivity contribution in [3.8, 4) is 11.3 Å². The van der Waals surface area contributed by atoms with Crippen LogP contribution in [-0.2, 0) is 4.74 Å². The minimum absolute atomic E-state index is 0.248. The average molecular weight is 388 g/mol. The summed E-state index contributed by atoms with van der Waals surface area (Å²) in [5.74, 6) is -3.25. The number of amides is 1. The van der Waals surface area contributed by atoms with Crippen LogP contribution in [0.15, 0.2) is 42.5 Å². The minimum atomic E-state index is -0.933. The van der Waals surface area contributed by atoms with Gasteiger partial charge in [0, 0.05) is 16.1 Å². The molecule has 0 spiro atoms. The molecule has 27 heavy (non-hydrogen) atoms. The van der Waals surface area contributed by atoms with Gasteiger partial charge in [0.15, 0.2) is 0 Å². The molecule has 0 bridgehead atoms. The quantitative estimate of drug-likeness (QED) is 0.671. The summed E-state index contributed by atoms with van der Waals surface area (Å²) in [5, 5.41) is 2.70. The van der Waals surface area contributed by atoms with Crippen LogP contribution >= 0.6 is 11.3 Å². The molecule has 8 heteroatoms. The Kier molecular flexibility index (Phi) is 5.27. The highest BCUT2D eigenvalue weighted by atomic mass is 32.1. The Hall–Kier alpha value is -3.13. The normalized spacial score (nSPS) is 10.5. The van der Waals surface area contributed by atoms with Gasteiger partial charge in [-0.15, -0.1) is 11.3 Å². The van der Waals surface area contributed by atoms with Crippen LogP contribution in [-0.4, -0.2) is 24.0 Å². The molecule has 0 fully saturated rings. The standard InChI is InChI=1S/C19H14F2N2O3S/c1-10-16(23-18(27-10)19(25)26-2)11-6-8-12(9-7-11)22-17(24)15-13(20)4-3-5-14(15)21/h3-9H,1-2H3,(H,22,24). The van der Waals surface area contributed by atoms with E-state index in [0.29, 0.717) is 11.4 Å². The third kappa shape index (κ3) is 3.85. The van der Waals surface area contributed by atoms with Gasteiger partial charge in [0.2, 0.25) is 5.01 Å². The number of hydrogen-bond donors (Lipinski definition) is 1. The molecular formula is C19H14F2N2O3S. The van der Waals surface area contributed by atoms with Crippen LogP contribution in [0.5, 0.6) is 0 Å². The Bertz CT molecular complexity index is 996. The van der Waals surface area contributed by atoms with Gasteiger partial charge in [-0.1, -0.05) is 18.2 Å². The van der Waals surface area contributed by atoms with E-state index in [0.717, 1.165) is 22.6 Å². The summed E-state index contributed by atoms with van der Waals surface area (Å²) in [6.07, 6.45) is 0. The van der Waals surface area contributed by atoms with Crippen molar-refractivity contribution in [1.82, 2.24) is 4.98 Å². The number of hydrogen-bond acceptors (Lipinski definition) is 5. The Balaban J connectivity index is 1.81. The fourth-order valence-corrected chi connectivity index (χ4v) is 3.31. The average Bonchev–Trinajstić information content (AvgIpc) is 3.03. The summed E-state index contributed by atoms with van der Waals surface area (Å²) in [5.41, 5.74) is 1.08. The van der Waals surface area contributed by atoms with Crippen molar-refractivity contribution < 1.29 is 23.1 Å². The van der Waals surface area contributed by atoms with Crippen LogP contribution in [0.25, 0.3) is 11.3 Å². The summed E-state index contributed by atoms with van der Waals surface area (Å²) in [6.45, 7) is 1.83. The molecule has 2 aromatic carbocycles. The number of carbonyl (C=O) groups excluding carboxylic acids is 2. The van der Waals surface area contributed by atoms with Crippen molar-refractivity contribution in [2.24, 2.45) is 0 Å². The number of aromatic nitrogens is 1. The number of anilines is 1. The van der Waals surface area contributed by atoms with Crippen LogP contribution in [0.1, 0.15) is 25.0 Å². The second-order valence-corrected chi connectivity index (χ2v) is 6.75. The van der Waals surface area contributed by atoms with Crippen molar-refractivity contribution >= 4 is 28.9 Å². The molecule has 1 aromatic heterocycles. The van der Waals surface area contributed by atoms with Crippen LogP contribution in [0.3, 0.4) is 0 Å². The monoisotopic (exact) mass is 388 g/mol. The van der Waals surface area contributed by atoms with E-state index in [-0.39, 0.29) is 5.01 Å². The molecule has 0 atom stereocenters. The molecule has 0 saturated carbocycles. The number of thiazole rings is 1. The molecule has 0 aliphatic heterocycles. The van der Waals surface area contributed by atoms with Crippen LogP contribution < -0.4 is 5.32 Å². The third-order valence-electron chi connectivity index (χ3n) is 3.76. The highest BCUT2D eigenvalue weighted by Gasteiger charge is 2.18. The summed E-state index contributed by atoms with van der Waals surface area (Å²) in [7, 11) is 1.29. The largest absolute Gasteiger partial charge is 0.464 e. The third-order valence-corrected chi connectivity index (χ3v) is 4.71. The van der Waals surface area contributed by atoms with Gasteiger partial charge in [-0.05, 0) is 31.2 Å². The lowest BCUT2D eigenvalue weighted by atomic mass is 10.1. The van der Waals surface area contributed by atoms with E-state index < -0.39 is 29.1 Å². The van der Waals surface area contributed by atoms with E-state index in [1.54, 1.807) is 24.3 Å². The van der Waals surface area contributed by atoms with E-state index in [9.17, 15) is 18.4 Å². The number of rotatable bonds is 4. The molecule has 0 aliphatic rings. The predicted molar refractivity (Wildman–Crippen MR) is 97.9 cm³/mol. The predicted octanol–water partition coefficient (Wildman–Crippen LogP) is 4.44. The molecule has 3 aromatic rings. The number of esters is 1. The fourth-order valence-electron chi connectivity index (χ4n) is 2.46. The van der Waals surface area contributed by atoms with Crippen LogP contribution in [0, 0.1) is 18.6 Å². The SMILES string of the molecule is COC(=O)c1nc(-c2ccc(NC(=O)c3c(F)cccc3F)cc2)c(C)s1. The highest BCUT2D eigenvalue weighted by Crippen LogP contribution is 2.29. The summed E-state index contributed by atoms with van der Waals surface area (Å²) in [6, 6.07) is 9.78. The molecule has 1 N–H and O–H groups in total. The Morgan fingerprint density at radius 1 is 1.07 bits per heavy atom. The second-order valence-electron chi connectivity index (χ2n) is 5.54. The maximum absolute atomic E-state index is 13.7. The van der Waals surface area contributed by atoms with Gasteiger partial charge in [0.1, 0.15) is 17.2 Å². The molecule has 0 unspecified atom stereocenters. The number of aryl methyl sites for hydroxylation is 1. The van der Waals surface area contributed by atoms with Crippen molar-refractivity contribution in [1.29, 1.82) is 0 Å². The lowest BCUT2D eigenvalue weighted by Crippen LogP contribution is -2.15. The molecule has 1 amide bonds. The van der Waals surface area contributed by atoms with Crippen molar-refractivity contribution in [2.45, 2.75) is 6.92 Å². The smallest absolute Gasteiger partial charge is 0.367 e. The summed E-state index contributed by atoms with van der Waals surface area (Å²) >= 11 is 1.22. The fraction of sp³-hybridized carbons (Fsp3) is 0.105. The van der Waals surface area contributed by atoms with E-state index in [2.05, 4.69) is 15.0 Å². The number of nitrogens with one attached hydrogen (secondary N) is 1. The van der Waals surface area contributed by atoms with Gasteiger partial charge in [-0.3, -0.25) is 4.79 Å².